The molecule has 7 heteroatoms. The Morgan fingerprint density at radius 3 is 2.29 bits per heavy atom. The number of anilines is 1. The van der Waals surface area contributed by atoms with Crippen molar-refractivity contribution in [1.29, 1.82) is 0 Å². The number of benzene rings is 2. The van der Waals surface area contributed by atoms with Crippen molar-refractivity contribution in [3.63, 3.8) is 0 Å². The van der Waals surface area contributed by atoms with E-state index < -0.39 is 5.82 Å². The van der Waals surface area contributed by atoms with E-state index in [1.54, 1.807) is 37.4 Å². The van der Waals surface area contributed by atoms with Gasteiger partial charge in [0.2, 0.25) is 0 Å². The van der Waals surface area contributed by atoms with Gasteiger partial charge in [0.25, 0.3) is 5.91 Å². The zero-order valence-electron chi connectivity index (χ0n) is 16.8. The maximum absolute atomic E-state index is 13.8. The van der Waals surface area contributed by atoms with Gasteiger partial charge >= 0.3 is 6.03 Å². The van der Waals surface area contributed by atoms with Crippen LogP contribution in [0.15, 0.2) is 42.5 Å². The SMILES string of the molecule is COc1ccc(CN(C)C(=O)Nc2ccc(C(=O)NC(C)(C)C)cc2)cc1F. The molecule has 0 aliphatic rings. The van der Waals surface area contributed by atoms with E-state index in [0.29, 0.717) is 16.8 Å². The minimum absolute atomic E-state index is 0.159. The van der Waals surface area contributed by atoms with Crippen LogP contribution >= 0.6 is 0 Å². The number of urea groups is 1. The number of amides is 3. The number of rotatable bonds is 5. The van der Waals surface area contributed by atoms with Crippen molar-refractivity contribution >= 4 is 17.6 Å². The Labute approximate surface area is 164 Å². The minimum atomic E-state index is -0.474. The van der Waals surface area contributed by atoms with E-state index in [-0.39, 0.29) is 29.8 Å². The second-order valence-electron chi connectivity index (χ2n) is 7.54. The van der Waals surface area contributed by atoms with E-state index in [0.717, 1.165) is 0 Å². The van der Waals surface area contributed by atoms with E-state index in [2.05, 4.69) is 10.6 Å². The Morgan fingerprint density at radius 1 is 1.11 bits per heavy atom. The predicted octanol–water partition coefficient (Wildman–Crippen LogP) is 4.03. The third-order valence-corrected chi connectivity index (χ3v) is 3.87. The predicted molar refractivity (Wildman–Crippen MR) is 107 cm³/mol. The standard InChI is InChI=1S/C21H26FN3O3/c1-21(2,3)24-19(26)15-7-9-16(10-8-15)23-20(27)25(4)13-14-6-11-18(28-5)17(22)12-14/h6-12H,13H2,1-5H3,(H,23,27)(H,24,26). The van der Waals surface area contributed by atoms with E-state index >= 15 is 0 Å². The van der Waals surface area contributed by atoms with Crippen molar-refractivity contribution in [3.05, 3.63) is 59.4 Å². The number of carbonyl (C=O) groups excluding carboxylic acids is 2. The fraction of sp³-hybridized carbons (Fsp3) is 0.333. The van der Waals surface area contributed by atoms with Crippen LogP contribution in [-0.2, 0) is 6.54 Å². The van der Waals surface area contributed by atoms with Crippen LogP contribution in [0.4, 0.5) is 14.9 Å². The first kappa shape index (κ1) is 21.2. The van der Waals surface area contributed by atoms with Crippen molar-refractivity contribution in [2.75, 3.05) is 19.5 Å². The van der Waals surface area contributed by atoms with Crippen molar-refractivity contribution in [2.45, 2.75) is 32.9 Å². The summed E-state index contributed by atoms with van der Waals surface area (Å²) in [6.07, 6.45) is 0. The van der Waals surface area contributed by atoms with Gasteiger partial charge < -0.3 is 20.3 Å². The molecule has 2 aromatic rings. The smallest absolute Gasteiger partial charge is 0.321 e. The summed E-state index contributed by atoms with van der Waals surface area (Å²) >= 11 is 0. The fourth-order valence-electron chi connectivity index (χ4n) is 2.49. The third kappa shape index (κ3) is 5.97. The number of nitrogens with one attached hydrogen (secondary N) is 2. The zero-order chi connectivity index (χ0) is 20.9. The molecule has 0 aliphatic carbocycles. The van der Waals surface area contributed by atoms with Gasteiger partial charge in [-0.2, -0.15) is 0 Å². The zero-order valence-corrected chi connectivity index (χ0v) is 16.8. The summed E-state index contributed by atoms with van der Waals surface area (Å²) < 4.78 is 18.7. The number of halogens is 1. The molecule has 0 bridgehead atoms. The maximum atomic E-state index is 13.8. The Balaban J connectivity index is 1.96. The van der Waals surface area contributed by atoms with E-state index in [9.17, 15) is 14.0 Å². The molecular weight excluding hydrogens is 361 g/mol. The fourth-order valence-corrected chi connectivity index (χ4v) is 2.49. The van der Waals surface area contributed by atoms with Gasteiger partial charge in [-0.05, 0) is 62.7 Å². The molecule has 2 N–H and O–H groups in total. The number of methoxy groups -OCH3 is 1. The quantitative estimate of drug-likeness (QED) is 0.814. The number of nitrogens with zero attached hydrogens (tertiary/aromatic N) is 1. The van der Waals surface area contributed by atoms with Crippen LogP contribution < -0.4 is 15.4 Å². The number of hydrogen-bond acceptors (Lipinski definition) is 3. The number of ether oxygens (including phenoxy) is 1. The Hall–Kier alpha value is -3.09. The lowest BCUT2D eigenvalue weighted by Crippen LogP contribution is -2.40. The lowest BCUT2D eigenvalue weighted by atomic mass is 10.1. The molecule has 0 aliphatic heterocycles. The molecule has 28 heavy (non-hydrogen) atoms. The van der Waals surface area contributed by atoms with E-state index in [1.807, 2.05) is 20.8 Å². The largest absolute Gasteiger partial charge is 0.494 e. The average molecular weight is 387 g/mol. The highest BCUT2D eigenvalue weighted by Gasteiger charge is 2.16. The Morgan fingerprint density at radius 2 is 1.75 bits per heavy atom. The maximum Gasteiger partial charge on any atom is 0.321 e. The molecule has 2 rings (SSSR count). The molecule has 0 heterocycles. The monoisotopic (exact) mass is 387 g/mol. The van der Waals surface area contributed by atoms with Crippen molar-refractivity contribution in [3.8, 4) is 5.75 Å². The van der Waals surface area contributed by atoms with Gasteiger partial charge in [0.05, 0.1) is 7.11 Å². The summed E-state index contributed by atoms with van der Waals surface area (Å²) in [6.45, 7) is 5.96. The highest BCUT2D eigenvalue weighted by atomic mass is 19.1. The molecule has 3 amide bonds. The molecule has 0 saturated heterocycles. The van der Waals surface area contributed by atoms with Crippen LogP contribution in [0.25, 0.3) is 0 Å². The van der Waals surface area contributed by atoms with Crippen LogP contribution in [0.5, 0.6) is 5.75 Å². The van der Waals surface area contributed by atoms with Gasteiger partial charge in [-0.1, -0.05) is 6.07 Å². The van der Waals surface area contributed by atoms with Gasteiger partial charge in [-0.25, -0.2) is 9.18 Å². The number of carbonyl (C=O) groups is 2. The highest BCUT2D eigenvalue weighted by molar-refractivity contribution is 5.95. The molecular formula is C21H26FN3O3. The molecule has 0 radical (unpaired) electrons. The first-order valence-electron chi connectivity index (χ1n) is 8.86. The van der Waals surface area contributed by atoms with Gasteiger partial charge in [0.15, 0.2) is 11.6 Å². The molecule has 0 saturated carbocycles. The third-order valence-electron chi connectivity index (χ3n) is 3.87. The van der Waals surface area contributed by atoms with Crippen LogP contribution in [0, 0.1) is 5.82 Å². The Bertz CT molecular complexity index is 845. The normalized spacial score (nSPS) is 10.9. The number of hydrogen-bond donors (Lipinski definition) is 2. The minimum Gasteiger partial charge on any atom is -0.494 e. The summed E-state index contributed by atoms with van der Waals surface area (Å²) in [5.74, 6) is -0.492. The van der Waals surface area contributed by atoms with Crippen LogP contribution in [0.1, 0.15) is 36.7 Å². The lowest BCUT2D eigenvalue weighted by Gasteiger charge is -2.21. The summed E-state index contributed by atoms with van der Waals surface area (Å²) in [5.41, 5.74) is 1.39. The molecule has 150 valence electrons. The summed E-state index contributed by atoms with van der Waals surface area (Å²) in [5, 5.41) is 5.63. The molecule has 0 unspecified atom stereocenters. The average Bonchev–Trinajstić information content (AvgIpc) is 2.61. The van der Waals surface area contributed by atoms with Crippen molar-refractivity contribution < 1.29 is 18.7 Å². The van der Waals surface area contributed by atoms with Crippen LogP contribution in [0.2, 0.25) is 0 Å². The van der Waals surface area contributed by atoms with Crippen LogP contribution in [-0.4, -0.2) is 36.5 Å². The van der Waals surface area contributed by atoms with Crippen molar-refractivity contribution in [2.24, 2.45) is 0 Å². The van der Waals surface area contributed by atoms with Crippen molar-refractivity contribution in [1.82, 2.24) is 10.2 Å². The Kier molecular flexibility index (Phi) is 6.62. The molecule has 0 spiro atoms. The first-order valence-corrected chi connectivity index (χ1v) is 8.86. The van der Waals surface area contributed by atoms with Crippen LogP contribution in [0.3, 0.4) is 0 Å². The molecule has 6 nitrogen and oxygen atoms in total. The van der Waals surface area contributed by atoms with E-state index in [1.165, 1.54) is 24.1 Å². The second kappa shape index (κ2) is 8.73. The molecule has 0 atom stereocenters. The summed E-state index contributed by atoms with van der Waals surface area (Å²) in [7, 11) is 3.01. The summed E-state index contributed by atoms with van der Waals surface area (Å²) in [6, 6.07) is 10.8. The lowest BCUT2D eigenvalue weighted by molar-refractivity contribution is 0.0919. The molecule has 2 aromatic carbocycles. The molecule has 0 aromatic heterocycles. The van der Waals surface area contributed by atoms with Gasteiger partial charge in [0, 0.05) is 30.4 Å². The van der Waals surface area contributed by atoms with Gasteiger partial charge in [0.1, 0.15) is 0 Å². The van der Waals surface area contributed by atoms with Gasteiger partial charge in [-0.3, -0.25) is 4.79 Å². The second-order valence-corrected chi connectivity index (χ2v) is 7.54. The van der Waals surface area contributed by atoms with E-state index in [4.69, 9.17) is 4.74 Å². The first-order chi connectivity index (χ1) is 13.1. The highest BCUT2D eigenvalue weighted by Crippen LogP contribution is 2.19. The molecule has 0 fully saturated rings. The van der Waals surface area contributed by atoms with Gasteiger partial charge in [-0.15, -0.1) is 0 Å². The topological polar surface area (TPSA) is 70.7 Å². The summed E-state index contributed by atoms with van der Waals surface area (Å²) in [4.78, 5) is 25.9.